The summed E-state index contributed by atoms with van der Waals surface area (Å²) in [6.07, 6.45) is -14.0. The lowest BCUT2D eigenvalue weighted by Crippen LogP contribution is -2.60. The molecule has 0 aliphatic rings. The van der Waals surface area contributed by atoms with Crippen LogP contribution in [0.25, 0.3) is 11.1 Å². The van der Waals surface area contributed by atoms with E-state index in [9.17, 15) is 48.3 Å². The zero-order valence-electron chi connectivity index (χ0n) is 15.2. The highest BCUT2D eigenvalue weighted by Crippen LogP contribution is 2.61. The summed E-state index contributed by atoms with van der Waals surface area (Å²) in [6.45, 7) is 0. The van der Waals surface area contributed by atoms with E-state index in [4.69, 9.17) is 5.26 Å². The lowest BCUT2D eigenvalue weighted by molar-refractivity contribution is -0.389. The highest BCUT2D eigenvalue weighted by atomic mass is 79.9. The molecule has 1 nitrogen and oxygen atoms in total. The molecule has 0 N–H and O–H groups in total. The molecule has 1 atom stereocenters. The predicted octanol–water partition coefficient (Wildman–Crippen LogP) is 8.32. The van der Waals surface area contributed by atoms with Crippen LogP contribution in [0.15, 0.2) is 39.7 Å². The van der Waals surface area contributed by atoms with Crippen LogP contribution in [0, 0.1) is 17.4 Å². The molecule has 0 fully saturated rings. The van der Waals surface area contributed by atoms with Gasteiger partial charge in [0.2, 0.25) is 0 Å². The van der Waals surface area contributed by atoms with Gasteiger partial charge in [-0.3, -0.25) is 0 Å². The third kappa shape index (κ3) is 5.06. The van der Waals surface area contributed by atoms with E-state index in [1.54, 1.807) is 6.07 Å². The first kappa shape index (κ1) is 27.2. The fourth-order valence-electron chi connectivity index (χ4n) is 2.67. The van der Waals surface area contributed by atoms with Gasteiger partial charge in [-0.2, -0.15) is 53.6 Å². The molecule has 0 saturated carbocycles. The third-order valence-corrected chi connectivity index (χ3v) is 5.34. The van der Waals surface area contributed by atoms with Crippen molar-refractivity contribution in [3.8, 4) is 17.2 Å². The Kier molecular flexibility index (Phi) is 7.09. The van der Waals surface area contributed by atoms with Gasteiger partial charge >= 0.3 is 29.5 Å². The maximum absolute atomic E-state index is 15.2. The van der Waals surface area contributed by atoms with E-state index in [1.165, 1.54) is 0 Å². The molecule has 2 aromatic rings. The van der Waals surface area contributed by atoms with Gasteiger partial charge in [-0.05, 0) is 51.5 Å². The summed E-state index contributed by atoms with van der Waals surface area (Å²) < 4.78 is 160. The summed E-state index contributed by atoms with van der Waals surface area (Å²) in [6, 6.07) is 6.44. The van der Waals surface area contributed by atoms with E-state index in [2.05, 4.69) is 15.9 Å². The van der Waals surface area contributed by atoms with Gasteiger partial charge in [0.05, 0.1) is 11.6 Å². The number of nitriles is 1. The van der Waals surface area contributed by atoms with Crippen LogP contribution >= 0.6 is 27.7 Å². The molecular formula is C18H5BrF12NS. The molecule has 179 valence electrons. The molecule has 0 saturated heterocycles. The largest absolute Gasteiger partial charge is 0.457 e. The zero-order chi connectivity index (χ0) is 25.6. The van der Waals surface area contributed by atoms with Crippen LogP contribution in [0.2, 0.25) is 0 Å². The van der Waals surface area contributed by atoms with Crippen LogP contribution in [-0.4, -0.2) is 23.8 Å². The lowest BCUT2D eigenvalue weighted by Gasteiger charge is -2.37. The van der Waals surface area contributed by atoms with Crippen LogP contribution < -0.4 is 0 Å². The van der Waals surface area contributed by atoms with Crippen molar-refractivity contribution in [1.82, 2.24) is 0 Å². The Morgan fingerprint density at radius 1 is 0.818 bits per heavy atom. The van der Waals surface area contributed by atoms with Crippen LogP contribution in [0.5, 0.6) is 0 Å². The number of nitrogens with zero attached hydrogens (tertiary/aromatic N) is 1. The number of rotatable bonds is 4. The molecule has 33 heavy (non-hydrogen) atoms. The first-order chi connectivity index (χ1) is 14.8. The van der Waals surface area contributed by atoms with Crippen molar-refractivity contribution in [2.45, 2.75) is 34.3 Å². The molecule has 0 heterocycles. The summed E-state index contributed by atoms with van der Waals surface area (Å²) in [5.74, 6) is -7.11. The summed E-state index contributed by atoms with van der Waals surface area (Å²) in [5.41, 5.74) is -16.2. The fraction of sp³-hybridized carbons (Fsp3) is 0.278. The molecule has 1 unspecified atom stereocenters. The van der Waals surface area contributed by atoms with Crippen molar-refractivity contribution in [2.75, 3.05) is 0 Å². The first-order valence-corrected chi connectivity index (χ1v) is 9.60. The molecule has 1 radical (unpaired) electrons. The minimum atomic E-state index is -7.11. The lowest BCUT2D eigenvalue weighted by atomic mass is 9.82. The Balaban J connectivity index is 3.03. The quantitative estimate of drug-likeness (QED) is 0.271. The van der Waals surface area contributed by atoms with Gasteiger partial charge in [0.1, 0.15) is 0 Å². The number of alkyl halides is 12. The van der Waals surface area contributed by atoms with Crippen molar-refractivity contribution in [3.05, 3.63) is 52.0 Å². The van der Waals surface area contributed by atoms with Gasteiger partial charge in [-0.25, -0.2) is 4.39 Å². The highest BCUT2D eigenvalue weighted by molar-refractivity contribution is 9.10. The van der Waals surface area contributed by atoms with E-state index in [0.717, 1.165) is 24.3 Å². The number of halogens is 13. The molecule has 0 bridgehead atoms. The van der Waals surface area contributed by atoms with Gasteiger partial charge in [0, 0.05) is 26.6 Å². The van der Waals surface area contributed by atoms with E-state index < -0.39 is 73.3 Å². The first-order valence-electron chi connectivity index (χ1n) is 7.99. The second kappa shape index (κ2) is 8.61. The molecule has 0 aromatic heterocycles. The maximum Gasteiger partial charge on any atom is 0.457 e. The molecule has 0 aliphatic heterocycles. The number of hydrogen-bond donors (Lipinski definition) is 0. The zero-order valence-corrected chi connectivity index (χ0v) is 17.6. The molecule has 2 rings (SSSR count). The average molecular weight is 575 g/mol. The van der Waals surface area contributed by atoms with Gasteiger partial charge in [-0.15, -0.1) is 0 Å². The Bertz CT molecular complexity index is 1070. The van der Waals surface area contributed by atoms with Crippen LogP contribution in [0.3, 0.4) is 0 Å². The average Bonchev–Trinajstić information content (AvgIpc) is 2.63. The standard InChI is InChI=1S/C18H5BrF12NS/c19-12-6-10(33-18(29,30)31)5-11(13(12)9-3-1-8(7-32)2-4-9)14(20,16(23,24)25)15(21,22)17(26,27)28/h1-5H. The smallest absolute Gasteiger partial charge is 0.221 e. The molecule has 0 aliphatic carbocycles. The second-order valence-corrected chi connectivity index (χ2v) is 8.10. The summed E-state index contributed by atoms with van der Waals surface area (Å²) in [5, 5.41) is 8.78. The van der Waals surface area contributed by atoms with Crippen molar-refractivity contribution in [3.63, 3.8) is 0 Å². The molecular weight excluding hydrogens is 570 g/mol. The van der Waals surface area contributed by atoms with Crippen molar-refractivity contribution in [1.29, 1.82) is 5.26 Å². The molecule has 0 amide bonds. The Morgan fingerprint density at radius 2 is 1.33 bits per heavy atom. The predicted molar refractivity (Wildman–Crippen MR) is 94.9 cm³/mol. The topological polar surface area (TPSA) is 23.8 Å². The minimum Gasteiger partial charge on any atom is -0.221 e. The maximum atomic E-state index is 15.2. The molecule has 15 heteroatoms. The minimum absolute atomic E-state index is 0.118. The van der Waals surface area contributed by atoms with Crippen LogP contribution in [0.4, 0.5) is 52.7 Å². The van der Waals surface area contributed by atoms with E-state index in [0.29, 0.717) is 0 Å². The number of hydrogen-bond acceptors (Lipinski definition) is 2. The normalized spacial score (nSPS) is 15.2. The summed E-state index contributed by atoms with van der Waals surface area (Å²) >= 11 is 1.29. The molecule has 0 spiro atoms. The van der Waals surface area contributed by atoms with Gasteiger partial charge in [0.25, 0.3) is 0 Å². The Hall–Kier alpha value is -2.08. The number of thioether (sulfide) groups is 1. The van der Waals surface area contributed by atoms with Crippen molar-refractivity contribution >= 4 is 27.7 Å². The Morgan fingerprint density at radius 3 is 1.73 bits per heavy atom. The van der Waals surface area contributed by atoms with E-state index >= 15 is 4.39 Å². The monoisotopic (exact) mass is 574 g/mol. The van der Waals surface area contributed by atoms with Gasteiger partial charge in [-0.1, -0.05) is 12.1 Å². The van der Waals surface area contributed by atoms with Crippen LogP contribution in [-0.2, 0) is 5.67 Å². The Labute approximate surface area is 189 Å². The van der Waals surface area contributed by atoms with Crippen LogP contribution in [0.1, 0.15) is 11.1 Å². The SMILES string of the molecule is N#Cc1ccc(-c2c(Br)[c]c(SC(F)(F)F)cc2C(F)(C(F)(F)F)C(F)(F)C(F)(F)F)cc1. The molecule has 2 aromatic carbocycles. The van der Waals surface area contributed by atoms with E-state index in [1.807, 2.05) is 6.07 Å². The number of benzene rings is 2. The fourth-order valence-corrected chi connectivity index (χ4v) is 4.03. The van der Waals surface area contributed by atoms with Crippen molar-refractivity contribution in [2.24, 2.45) is 0 Å². The summed E-state index contributed by atoms with van der Waals surface area (Å²) in [4.78, 5) is -1.41. The van der Waals surface area contributed by atoms with Crippen molar-refractivity contribution < 1.29 is 52.7 Å². The third-order valence-electron chi connectivity index (χ3n) is 4.08. The second-order valence-electron chi connectivity index (χ2n) is 6.20. The van der Waals surface area contributed by atoms with Gasteiger partial charge in [0.15, 0.2) is 0 Å². The van der Waals surface area contributed by atoms with E-state index in [-0.39, 0.29) is 5.56 Å². The van der Waals surface area contributed by atoms with Gasteiger partial charge < -0.3 is 0 Å². The summed E-state index contributed by atoms with van der Waals surface area (Å²) in [7, 11) is 0. The highest BCUT2D eigenvalue weighted by Gasteiger charge is 2.82.